The average Bonchev–Trinajstić information content (AvgIpc) is 2.72. The third-order valence-electron chi connectivity index (χ3n) is 2.60. The number of benzene rings is 1. The predicted molar refractivity (Wildman–Crippen MR) is 81.5 cm³/mol. The van der Waals surface area contributed by atoms with Crippen LogP contribution in [0.15, 0.2) is 35.4 Å². The minimum atomic E-state index is -0.499. The minimum Gasteiger partial charge on any atom is -0.443 e. The maximum atomic E-state index is 12.1. The summed E-state index contributed by atoms with van der Waals surface area (Å²) >= 11 is 3.27. The quantitative estimate of drug-likeness (QED) is 0.756. The molecule has 0 saturated carbocycles. The highest BCUT2D eigenvalue weighted by Crippen LogP contribution is 2.23. The van der Waals surface area contributed by atoms with Crippen LogP contribution < -0.4 is 0 Å². The maximum Gasteiger partial charge on any atom is 0.418 e. The summed E-state index contributed by atoms with van der Waals surface area (Å²) in [6.07, 6.45) is 3.33. The van der Waals surface area contributed by atoms with Crippen molar-refractivity contribution < 1.29 is 9.53 Å². The molecule has 0 saturated heterocycles. The van der Waals surface area contributed by atoms with Gasteiger partial charge >= 0.3 is 6.09 Å². The number of halogens is 1. The van der Waals surface area contributed by atoms with Crippen LogP contribution in [0.25, 0.3) is 17.0 Å². The first-order valence-electron chi connectivity index (χ1n) is 6.02. The van der Waals surface area contributed by atoms with Crippen molar-refractivity contribution in [3.05, 3.63) is 41.0 Å². The molecule has 0 fully saturated rings. The largest absolute Gasteiger partial charge is 0.443 e. The molecule has 0 atom stereocenters. The Labute approximate surface area is 121 Å². The van der Waals surface area contributed by atoms with Gasteiger partial charge in [-0.2, -0.15) is 0 Å². The molecule has 19 heavy (non-hydrogen) atoms. The zero-order valence-electron chi connectivity index (χ0n) is 11.2. The molecule has 4 heteroatoms. The van der Waals surface area contributed by atoms with Crippen molar-refractivity contribution in [2.45, 2.75) is 26.4 Å². The van der Waals surface area contributed by atoms with Gasteiger partial charge in [-0.1, -0.05) is 28.1 Å². The molecule has 0 amide bonds. The van der Waals surface area contributed by atoms with Gasteiger partial charge in [0, 0.05) is 11.6 Å². The lowest BCUT2D eigenvalue weighted by Crippen LogP contribution is -2.26. The Hall–Kier alpha value is -1.55. The van der Waals surface area contributed by atoms with Gasteiger partial charge in [0.25, 0.3) is 0 Å². The summed E-state index contributed by atoms with van der Waals surface area (Å²) in [7, 11) is 0. The van der Waals surface area contributed by atoms with Crippen molar-refractivity contribution in [1.82, 2.24) is 4.57 Å². The Morgan fingerprint density at radius 1 is 1.32 bits per heavy atom. The Kier molecular flexibility index (Phi) is 3.80. The fourth-order valence-electron chi connectivity index (χ4n) is 1.87. The maximum absolute atomic E-state index is 12.1. The molecule has 0 N–H and O–H groups in total. The first kappa shape index (κ1) is 13.9. The highest BCUT2D eigenvalue weighted by Gasteiger charge is 2.19. The number of rotatable bonds is 1. The van der Waals surface area contributed by atoms with Crippen molar-refractivity contribution in [2.24, 2.45) is 0 Å². The van der Waals surface area contributed by atoms with E-state index in [4.69, 9.17) is 4.74 Å². The van der Waals surface area contributed by atoms with Crippen molar-refractivity contribution in [3.63, 3.8) is 0 Å². The van der Waals surface area contributed by atoms with E-state index in [0.717, 1.165) is 16.5 Å². The third-order valence-corrected chi connectivity index (χ3v) is 2.86. The van der Waals surface area contributed by atoms with Gasteiger partial charge in [-0.25, -0.2) is 4.79 Å². The van der Waals surface area contributed by atoms with E-state index < -0.39 is 5.60 Å². The highest BCUT2D eigenvalue weighted by atomic mass is 79.9. The molecule has 0 radical (unpaired) electrons. The first-order chi connectivity index (χ1) is 8.92. The van der Waals surface area contributed by atoms with Gasteiger partial charge in [0.2, 0.25) is 0 Å². The van der Waals surface area contributed by atoms with Crippen LogP contribution >= 0.6 is 15.9 Å². The number of carbonyl (C=O) groups excluding carboxylic acids is 1. The van der Waals surface area contributed by atoms with E-state index in [1.165, 1.54) is 4.57 Å². The number of nitrogens with zero attached hydrogens (tertiary/aromatic N) is 1. The van der Waals surface area contributed by atoms with Crippen molar-refractivity contribution in [3.8, 4) is 0 Å². The molecule has 100 valence electrons. The van der Waals surface area contributed by atoms with Crippen molar-refractivity contribution >= 4 is 39.0 Å². The standard InChI is InChI=1S/C15H16BrNO2/c1-15(2,3)19-14(18)17-10-8-12-11(7-9-16)5-4-6-13(12)17/h4-10H,1-3H3/b9-7+. The van der Waals surface area contributed by atoms with E-state index in [0.29, 0.717) is 0 Å². The van der Waals surface area contributed by atoms with Gasteiger partial charge in [-0.3, -0.25) is 4.57 Å². The normalized spacial score (nSPS) is 12.2. The Balaban J connectivity index is 2.46. The second-order valence-corrected chi connectivity index (χ2v) is 5.77. The molecule has 0 bridgehead atoms. The minimum absolute atomic E-state index is 0.359. The molecule has 2 rings (SSSR count). The molecule has 1 heterocycles. The molecular formula is C15H16BrNO2. The summed E-state index contributed by atoms with van der Waals surface area (Å²) in [5.74, 6) is 0. The monoisotopic (exact) mass is 321 g/mol. The van der Waals surface area contributed by atoms with Crippen LogP contribution in [0.3, 0.4) is 0 Å². The molecule has 1 aromatic carbocycles. The molecule has 0 spiro atoms. The number of carbonyl (C=O) groups is 1. The van der Waals surface area contributed by atoms with Crippen LogP contribution in [0.1, 0.15) is 26.3 Å². The van der Waals surface area contributed by atoms with E-state index in [9.17, 15) is 4.79 Å². The average molecular weight is 322 g/mol. The summed E-state index contributed by atoms with van der Waals surface area (Å²) in [5.41, 5.74) is 1.40. The van der Waals surface area contributed by atoms with Crippen LogP contribution in [0.4, 0.5) is 4.79 Å². The van der Waals surface area contributed by atoms with Gasteiger partial charge in [0.05, 0.1) is 5.52 Å². The second-order valence-electron chi connectivity index (χ2n) is 5.24. The van der Waals surface area contributed by atoms with Gasteiger partial charge in [0.15, 0.2) is 0 Å². The summed E-state index contributed by atoms with van der Waals surface area (Å²) in [4.78, 5) is 13.9. The molecule has 1 aromatic heterocycles. The lowest BCUT2D eigenvalue weighted by Gasteiger charge is -2.19. The molecular weight excluding hydrogens is 306 g/mol. The highest BCUT2D eigenvalue weighted by molar-refractivity contribution is 9.11. The van der Waals surface area contributed by atoms with E-state index in [1.54, 1.807) is 11.2 Å². The molecule has 2 aromatic rings. The SMILES string of the molecule is CC(C)(C)OC(=O)n1ccc2c(/C=C/Br)cccc21. The number of ether oxygens (including phenoxy) is 1. The number of hydrogen-bond acceptors (Lipinski definition) is 2. The fourth-order valence-corrected chi connectivity index (χ4v) is 2.16. The topological polar surface area (TPSA) is 31.2 Å². The van der Waals surface area contributed by atoms with Crippen LogP contribution in [-0.2, 0) is 4.74 Å². The second kappa shape index (κ2) is 5.21. The molecule has 0 aliphatic carbocycles. The number of hydrogen-bond donors (Lipinski definition) is 0. The van der Waals surface area contributed by atoms with E-state index in [-0.39, 0.29) is 6.09 Å². The van der Waals surface area contributed by atoms with Gasteiger partial charge in [-0.05, 0) is 49.5 Å². The summed E-state index contributed by atoms with van der Waals surface area (Å²) in [6.45, 7) is 5.57. The Morgan fingerprint density at radius 3 is 2.68 bits per heavy atom. The van der Waals surface area contributed by atoms with Crippen molar-refractivity contribution in [2.75, 3.05) is 0 Å². The van der Waals surface area contributed by atoms with Crippen LogP contribution in [0.5, 0.6) is 0 Å². The smallest absolute Gasteiger partial charge is 0.418 e. The van der Waals surface area contributed by atoms with Crippen molar-refractivity contribution in [1.29, 1.82) is 0 Å². The molecule has 0 unspecified atom stereocenters. The molecule has 0 aliphatic heterocycles. The number of fused-ring (bicyclic) bond motifs is 1. The predicted octanol–water partition coefficient (Wildman–Crippen LogP) is 4.79. The molecule has 3 nitrogen and oxygen atoms in total. The van der Waals surface area contributed by atoms with Gasteiger partial charge < -0.3 is 4.74 Å². The zero-order chi connectivity index (χ0) is 14.0. The van der Waals surface area contributed by atoms with Crippen LogP contribution in [-0.4, -0.2) is 16.3 Å². The van der Waals surface area contributed by atoms with Gasteiger partial charge in [-0.15, -0.1) is 0 Å². The summed E-state index contributed by atoms with van der Waals surface area (Å²) in [6, 6.07) is 7.75. The molecule has 0 aliphatic rings. The summed E-state index contributed by atoms with van der Waals surface area (Å²) in [5, 5.41) is 1.02. The van der Waals surface area contributed by atoms with E-state index >= 15 is 0 Å². The Bertz CT molecular complexity index is 635. The summed E-state index contributed by atoms with van der Waals surface area (Å²) < 4.78 is 6.92. The van der Waals surface area contributed by atoms with E-state index in [2.05, 4.69) is 15.9 Å². The van der Waals surface area contributed by atoms with Gasteiger partial charge in [0.1, 0.15) is 5.60 Å². The third kappa shape index (κ3) is 3.07. The van der Waals surface area contributed by atoms with Crippen LogP contribution in [0, 0.1) is 0 Å². The zero-order valence-corrected chi connectivity index (χ0v) is 12.8. The number of aromatic nitrogens is 1. The lowest BCUT2D eigenvalue weighted by molar-refractivity contribution is 0.0544. The fraction of sp³-hybridized carbons (Fsp3) is 0.267. The lowest BCUT2D eigenvalue weighted by atomic mass is 10.1. The first-order valence-corrected chi connectivity index (χ1v) is 6.94. The van der Waals surface area contributed by atoms with Crippen LogP contribution in [0.2, 0.25) is 0 Å². The van der Waals surface area contributed by atoms with E-state index in [1.807, 2.05) is 51.1 Å². The Morgan fingerprint density at radius 2 is 2.05 bits per heavy atom.